The Morgan fingerprint density at radius 1 is 0.815 bits per heavy atom. The second kappa shape index (κ2) is 5.91. The number of hydrogen-bond acceptors (Lipinski definition) is 5. The first-order valence-corrected chi connectivity index (χ1v) is 9.10. The molecule has 3 aliphatic rings. The van der Waals surface area contributed by atoms with E-state index in [1.54, 1.807) is 42.7 Å². The number of nitrogens with zero attached hydrogens (tertiary/aromatic N) is 2. The van der Waals surface area contributed by atoms with Crippen molar-refractivity contribution in [3.63, 3.8) is 0 Å². The van der Waals surface area contributed by atoms with Crippen LogP contribution in [0.1, 0.15) is 58.1 Å². The van der Waals surface area contributed by atoms with Crippen molar-refractivity contribution in [2.75, 3.05) is 0 Å². The van der Waals surface area contributed by atoms with Gasteiger partial charge in [-0.1, -0.05) is 29.8 Å². The number of aromatic nitrogens is 2. The molecular formula is C22H16N2O3. The van der Waals surface area contributed by atoms with Crippen molar-refractivity contribution in [3.8, 4) is 0 Å². The van der Waals surface area contributed by atoms with Crippen LogP contribution in [0.5, 0.6) is 0 Å². The zero-order chi connectivity index (χ0) is 18.5. The van der Waals surface area contributed by atoms with Crippen LogP contribution >= 0.6 is 0 Å². The minimum atomic E-state index is -0.650. The maximum Gasteiger partial charge on any atom is 0.191 e. The van der Waals surface area contributed by atoms with E-state index in [4.69, 9.17) is 0 Å². The summed E-state index contributed by atoms with van der Waals surface area (Å²) in [7, 11) is 0. The number of benzene rings is 1. The molecule has 132 valence electrons. The molecule has 1 aromatic carbocycles. The molecule has 0 bridgehead atoms. The summed E-state index contributed by atoms with van der Waals surface area (Å²) in [5, 5.41) is 0. The smallest absolute Gasteiger partial charge is 0.191 e. The van der Waals surface area contributed by atoms with E-state index in [1.165, 1.54) is 0 Å². The van der Waals surface area contributed by atoms with Crippen LogP contribution in [0, 0.1) is 0 Å². The summed E-state index contributed by atoms with van der Waals surface area (Å²) in [6.07, 6.45) is 5.59. The van der Waals surface area contributed by atoms with E-state index in [0.717, 1.165) is 18.4 Å². The molecule has 1 unspecified atom stereocenters. The zero-order valence-corrected chi connectivity index (χ0v) is 14.6. The van der Waals surface area contributed by atoms with Crippen molar-refractivity contribution in [1.29, 1.82) is 0 Å². The van der Waals surface area contributed by atoms with Crippen molar-refractivity contribution >= 4 is 17.3 Å². The van der Waals surface area contributed by atoms with Gasteiger partial charge in [-0.3, -0.25) is 14.4 Å². The van der Waals surface area contributed by atoms with Crippen molar-refractivity contribution in [1.82, 2.24) is 9.97 Å². The number of rotatable bonds is 1. The van der Waals surface area contributed by atoms with Gasteiger partial charge in [0.2, 0.25) is 0 Å². The predicted octanol–water partition coefficient (Wildman–Crippen LogP) is 3.39. The molecule has 1 atom stereocenters. The number of carbonyl (C=O) groups is 3. The Morgan fingerprint density at radius 2 is 1.52 bits per heavy atom. The van der Waals surface area contributed by atoms with E-state index >= 15 is 0 Å². The van der Waals surface area contributed by atoms with Crippen molar-refractivity contribution < 1.29 is 14.4 Å². The molecule has 5 nitrogen and oxygen atoms in total. The third-order valence-electron chi connectivity index (χ3n) is 5.64. The van der Waals surface area contributed by atoms with E-state index < -0.39 is 5.92 Å². The molecule has 27 heavy (non-hydrogen) atoms. The van der Waals surface area contributed by atoms with Crippen LogP contribution in [0.2, 0.25) is 0 Å². The van der Waals surface area contributed by atoms with E-state index in [2.05, 4.69) is 9.97 Å². The number of fused-ring (bicyclic) bond motifs is 1. The molecule has 0 fully saturated rings. The molecule has 2 aromatic rings. The lowest BCUT2D eigenvalue weighted by molar-refractivity contribution is -0.116. The minimum absolute atomic E-state index is 0.0411. The highest BCUT2D eigenvalue weighted by molar-refractivity contribution is 6.28. The Labute approximate surface area is 155 Å². The Hall–Kier alpha value is -3.21. The SMILES string of the molecule is O=C1CCCC2=C1C(c1ncccn1)C1=C(C2)C(=O)c2ccccc2C1=O. The van der Waals surface area contributed by atoms with Gasteiger partial charge in [-0.2, -0.15) is 0 Å². The molecule has 1 aromatic heterocycles. The number of Topliss-reactive ketones (excluding diaryl/α,β-unsaturated/α-hetero) is 3. The maximum atomic E-state index is 13.4. The summed E-state index contributed by atoms with van der Waals surface area (Å²) in [5.41, 5.74) is 3.33. The number of carbonyl (C=O) groups excluding carboxylic acids is 3. The van der Waals surface area contributed by atoms with Gasteiger partial charge in [0, 0.05) is 46.7 Å². The molecule has 0 aliphatic heterocycles. The molecule has 0 radical (unpaired) electrons. The summed E-state index contributed by atoms with van der Waals surface area (Å²) in [4.78, 5) is 48.0. The summed E-state index contributed by atoms with van der Waals surface area (Å²) in [6.45, 7) is 0. The fourth-order valence-corrected chi connectivity index (χ4v) is 4.48. The van der Waals surface area contributed by atoms with Crippen LogP contribution < -0.4 is 0 Å². The van der Waals surface area contributed by atoms with Crippen LogP contribution in [0.15, 0.2) is 65.0 Å². The van der Waals surface area contributed by atoms with Gasteiger partial charge in [0.1, 0.15) is 5.82 Å². The van der Waals surface area contributed by atoms with Crippen molar-refractivity contribution in [2.45, 2.75) is 31.6 Å². The number of allylic oxidation sites excluding steroid dienone is 4. The van der Waals surface area contributed by atoms with Gasteiger partial charge in [-0.25, -0.2) is 9.97 Å². The zero-order valence-electron chi connectivity index (χ0n) is 14.6. The standard InChI is InChI=1S/C22H16N2O3/c25-16-8-3-5-12-11-15-18(19(17(12)16)22-23-9-4-10-24-22)21(27)14-7-2-1-6-13(14)20(15)26/h1-2,4,6-7,9-10,19H,3,5,8,11H2. The van der Waals surface area contributed by atoms with E-state index in [0.29, 0.717) is 46.5 Å². The Bertz CT molecular complexity index is 1080. The monoisotopic (exact) mass is 356 g/mol. The summed E-state index contributed by atoms with van der Waals surface area (Å²) >= 11 is 0. The van der Waals surface area contributed by atoms with Gasteiger partial charge < -0.3 is 0 Å². The fraction of sp³-hybridized carbons (Fsp3) is 0.227. The van der Waals surface area contributed by atoms with E-state index in [-0.39, 0.29) is 17.3 Å². The Morgan fingerprint density at radius 3 is 2.26 bits per heavy atom. The minimum Gasteiger partial charge on any atom is -0.295 e. The van der Waals surface area contributed by atoms with Crippen molar-refractivity contribution in [2.24, 2.45) is 0 Å². The summed E-state index contributed by atoms with van der Waals surface area (Å²) < 4.78 is 0. The van der Waals surface area contributed by atoms with Gasteiger partial charge in [-0.15, -0.1) is 0 Å². The molecule has 0 saturated carbocycles. The van der Waals surface area contributed by atoms with Crippen LogP contribution in [0.3, 0.4) is 0 Å². The normalized spacial score (nSPS) is 21.8. The second-order valence-corrected chi connectivity index (χ2v) is 7.11. The van der Waals surface area contributed by atoms with Crippen LogP contribution in [0.4, 0.5) is 0 Å². The first-order chi connectivity index (χ1) is 13.2. The molecule has 5 heteroatoms. The van der Waals surface area contributed by atoms with Crippen LogP contribution in [-0.2, 0) is 4.79 Å². The lowest BCUT2D eigenvalue weighted by Gasteiger charge is -2.35. The van der Waals surface area contributed by atoms with Gasteiger partial charge in [0.05, 0.1) is 5.92 Å². The summed E-state index contributed by atoms with van der Waals surface area (Å²) in [6, 6.07) is 8.59. The van der Waals surface area contributed by atoms with Gasteiger partial charge >= 0.3 is 0 Å². The third-order valence-corrected chi connectivity index (χ3v) is 5.64. The molecule has 0 spiro atoms. The first-order valence-electron chi connectivity index (χ1n) is 9.10. The van der Waals surface area contributed by atoms with Crippen LogP contribution in [-0.4, -0.2) is 27.3 Å². The maximum absolute atomic E-state index is 13.4. The highest BCUT2D eigenvalue weighted by atomic mass is 16.1. The highest BCUT2D eigenvalue weighted by Crippen LogP contribution is 2.48. The quantitative estimate of drug-likeness (QED) is 0.783. The van der Waals surface area contributed by atoms with E-state index in [9.17, 15) is 14.4 Å². The fourth-order valence-electron chi connectivity index (χ4n) is 4.48. The molecule has 0 saturated heterocycles. The number of hydrogen-bond donors (Lipinski definition) is 0. The Kier molecular flexibility index (Phi) is 3.50. The molecule has 3 aliphatic carbocycles. The summed E-state index contributed by atoms with van der Waals surface area (Å²) in [5.74, 6) is -0.511. The second-order valence-electron chi connectivity index (χ2n) is 7.11. The topological polar surface area (TPSA) is 77.0 Å². The van der Waals surface area contributed by atoms with Gasteiger partial charge in [0.25, 0.3) is 0 Å². The Balaban J connectivity index is 1.77. The lowest BCUT2D eigenvalue weighted by atomic mass is 9.66. The largest absolute Gasteiger partial charge is 0.295 e. The molecule has 0 N–H and O–H groups in total. The average Bonchev–Trinajstić information content (AvgIpc) is 2.71. The van der Waals surface area contributed by atoms with E-state index in [1.807, 2.05) is 0 Å². The molecule has 0 amide bonds. The highest BCUT2D eigenvalue weighted by Gasteiger charge is 2.45. The van der Waals surface area contributed by atoms with Gasteiger partial charge in [0.15, 0.2) is 17.3 Å². The predicted molar refractivity (Wildman–Crippen MR) is 97.4 cm³/mol. The van der Waals surface area contributed by atoms with Crippen molar-refractivity contribution in [3.05, 3.63) is 82.0 Å². The molecule has 5 rings (SSSR count). The average molecular weight is 356 g/mol. The molecule has 1 heterocycles. The molecular weight excluding hydrogens is 340 g/mol. The lowest BCUT2D eigenvalue weighted by Crippen LogP contribution is -2.33. The van der Waals surface area contributed by atoms with Crippen LogP contribution in [0.25, 0.3) is 0 Å². The van der Waals surface area contributed by atoms with Gasteiger partial charge in [-0.05, 0) is 25.3 Å². The first kappa shape index (κ1) is 16.0. The number of ketones is 3. The third kappa shape index (κ3) is 2.28.